The Kier molecular flexibility index (Phi) is 10.1. The zero-order valence-corrected chi connectivity index (χ0v) is 21.4. The van der Waals surface area contributed by atoms with Crippen molar-refractivity contribution in [1.82, 2.24) is 0 Å². The van der Waals surface area contributed by atoms with Gasteiger partial charge in [-0.05, 0) is 65.7 Å². The number of rotatable bonds is 8. The van der Waals surface area contributed by atoms with Crippen LogP contribution in [0, 0.1) is 6.08 Å². The second-order valence-electron chi connectivity index (χ2n) is 6.89. The first-order chi connectivity index (χ1) is 13.9. The molecule has 0 saturated carbocycles. The molecule has 0 heterocycles. The van der Waals surface area contributed by atoms with Crippen molar-refractivity contribution >= 4 is 32.7 Å². The molecule has 7 heteroatoms. The van der Waals surface area contributed by atoms with Crippen LogP contribution in [-0.2, 0) is 31.0 Å². The second kappa shape index (κ2) is 11.8. The summed E-state index contributed by atoms with van der Waals surface area (Å²) in [5, 5.41) is 0. The van der Waals surface area contributed by atoms with E-state index in [0.29, 0.717) is 17.6 Å². The van der Waals surface area contributed by atoms with Gasteiger partial charge in [0.15, 0.2) is 0 Å². The van der Waals surface area contributed by atoms with Crippen molar-refractivity contribution < 1.29 is 33.8 Å². The number of hydrogen-bond donors (Lipinski definition) is 1. The van der Waals surface area contributed by atoms with Crippen LogP contribution in [0.1, 0.15) is 57.9 Å². The predicted molar refractivity (Wildman–Crippen MR) is 118 cm³/mol. The fourth-order valence-corrected chi connectivity index (χ4v) is 4.54. The van der Waals surface area contributed by atoms with E-state index in [4.69, 9.17) is 17.0 Å². The molecular formula is C22H25Cl2O3SZr. The number of benzene rings is 1. The van der Waals surface area contributed by atoms with Crippen molar-refractivity contribution in [2.24, 2.45) is 0 Å². The van der Waals surface area contributed by atoms with Gasteiger partial charge in [0.25, 0.3) is 10.1 Å². The first-order valence-corrected chi connectivity index (χ1v) is 17.5. The van der Waals surface area contributed by atoms with E-state index < -0.39 is 31.0 Å². The van der Waals surface area contributed by atoms with Gasteiger partial charge in [-0.25, -0.2) is 0 Å². The number of hydrogen-bond acceptors (Lipinski definition) is 2. The van der Waals surface area contributed by atoms with Crippen LogP contribution in [0.3, 0.4) is 0 Å². The SMILES string of the molecule is CCCCC1=C(S(=O)(=O)O)C2=C(CCCC)C=C(c3ccccc3)C2=[C]1.[Cl][Zr][Cl]. The fourth-order valence-electron chi connectivity index (χ4n) is 3.59. The first-order valence-electron chi connectivity index (χ1n) is 9.71. The van der Waals surface area contributed by atoms with Gasteiger partial charge >= 0.3 is 37.9 Å². The van der Waals surface area contributed by atoms with Crippen LogP contribution in [0.5, 0.6) is 0 Å². The van der Waals surface area contributed by atoms with Crippen molar-refractivity contribution in [2.75, 3.05) is 0 Å². The first kappa shape index (κ1) is 24.8. The van der Waals surface area contributed by atoms with Crippen LogP contribution in [0.15, 0.2) is 63.6 Å². The van der Waals surface area contributed by atoms with Crippen molar-refractivity contribution in [2.45, 2.75) is 52.4 Å². The van der Waals surface area contributed by atoms with Crippen LogP contribution in [-0.4, -0.2) is 13.0 Å². The van der Waals surface area contributed by atoms with E-state index in [9.17, 15) is 13.0 Å². The van der Waals surface area contributed by atoms with Gasteiger partial charge in [-0.1, -0.05) is 57.0 Å². The number of allylic oxidation sites excluding steroid dienone is 7. The normalized spacial score (nSPS) is 15.6. The molecule has 0 unspecified atom stereocenters. The van der Waals surface area contributed by atoms with Gasteiger partial charge in [0, 0.05) is 5.57 Å². The van der Waals surface area contributed by atoms with E-state index in [0.717, 1.165) is 54.4 Å². The molecule has 3 nitrogen and oxygen atoms in total. The van der Waals surface area contributed by atoms with Crippen LogP contribution < -0.4 is 0 Å². The molecule has 0 aliphatic heterocycles. The molecule has 29 heavy (non-hydrogen) atoms. The van der Waals surface area contributed by atoms with Crippen LogP contribution in [0.25, 0.3) is 5.57 Å². The molecular weight excluding hydrogens is 506 g/mol. The van der Waals surface area contributed by atoms with Crippen molar-refractivity contribution in [1.29, 1.82) is 0 Å². The number of halogens is 2. The third-order valence-electron chi connectivity index (χ3n) is 4.86. The predicted octanol–water partition coefficient (Wildman–Crippen LogP) is 7.02. The quantitative estimate of drug-likeness (QED) is 0.367. The van der Waals surface area contributed by atoms with Crippen molar-refractivity contribution in [3.05, 3.63) is 75.2 Å². The summed E-state index contributed by atoms with van der Waals surface area (Å²) in [7, 11) is 5.57. The van der Waals surface area contributed by atoms with Crippen molar-refractivity contribution in [3.8, 4) is 0 Å². The summed E-state index contributed by atoms with van der Waals surface area (Å²) in [5.41, 5.74) is 5.15. The van der Waals surface area contributed by atoms with E-state index in [1.54, 1.807) is 0 Å². The van der Waals surface area contributed by atoms with Gasteiger partial charge in [0.05, 0.1) is 0 Å². The van der Waals surface area contributed by atoms with Crippen molar-refractivity contribution in [3.63, 3.8) is 0 Å². The van der Waals surface area contributed by atoms with Crippen LogP contribution in [0.2, 0.25) is 0 Å². The molecule has 1 aromatic rings. The molecule has 0 bridgehead atoms. The Labute approximate surface area is 193 Å². The van der Waals surface area contributed by atoms with E-state index in [1.807, 2.05) is 30.3 Å². The van der Waals surface area contributed by atoms with E-state index in [2.05, 4.69) is 26.0 Å². The summed E-state index contributed by atoms with van der Waals surface area (Å²) in [4.78, 5) is 0.0780. The Hall–Kier alpha value is -0.447. The van der Waals surface area contributed by atoms with Crippen LogP contribution in [0.4, 0.5) is 0 Å². The average molecular weight is 532 g/mol. The maximum atomic E-state index is 12.2. The molecule has 155 valence electrons. The molecule has 0 fully saturated rings. The molecule has 0 atom stereocenters. The van der Waals surface area contributed by atoms with E-state index in [1.165, 1.54) is 0 Å². The molecule has 0 spiro atoms. The van der Waals surface area contributed by atoms with Gasteiger partial charge in [-0.3, -0.25) is 4.55 Å². The summed E-state index contributed by atoms with van der Waals surface area (Å²) in [6.07, 6.45) is 10.7. The van der Waals surface area contributed by atoms with Gasteiger partial charge in [0.1, 0.15) is 4.91 Å². The molecule has 2 aliphatic rings. The Bertz CT molecular complexity index is 946. The Balaban J connectivity index is 0.000000941. The minimum atomic E-state index is -4.29. The van der Waals surface area contributed by atoms with E-state index in [-0.39, 0.29) is 4.91 Å². The Morgan fingerprint density at radius 1 is 1.03 bits per heavy atom. The van der Waals surface area contributed by atoms with Crippen LogP contribution >= 0.6 is 17.0 Å². The monoisotopic (exact) mass is 529 g/mol. The molecule has 1 N–H and O–H groups in total. The molecule has 1 radical (unpaired) electrons. The molecule has 0 amide bonds. The molecule has 3 rings (SSSR count). The van der Waals surface area contributed by atoms with E-state index >= 15 is 0 Å². The Morgan fingerprint density at radius 2 is 1.62 bits per heavy atom. The zero-order valence-electron chi connectivity index (χ0n) is 16.6. The maximum absolute atomic E-state index is 12.2. The second-order valence-corrected chi connectivity index (χ2v) is 12.0. The number of fused-ring (bicyclic) bond motifs is 1. The third-order valence-corrected chi connectivity index (χ3v) is 5.83. The molecule has 1 aromatic carbocycles. The van der Waals surface area contributed by atoms with Gasteiger partial charge in [-0.2, -0.15) is 8.42 Å². The standard InChI is InChI=1S/C22H25O3S.2ClH.Zr/c1-3-5-10-17-14-19(16-12-8-7-9-13-16)20-15-18(11-6-4-2)22(21(17)20)26(23,24)25;;;/h7-9,12-14H,3-6,10-11H2,1-2H3,(H,23,24,25);2*1H;/q;;;+2/p-2. The van der Waals surface area contributed by atoms with Gasteiger partial charge < -0.3 is 0 Å². The summed E-state index contributed by atoms with van der Waals surface area (Å²) in [5.74, 6) is 0. The summed E-state index contributed by atoms with van der Waals surface area (Å²) < 4.78 is 34.3. The zero-order chi connectivity index (χ0) is 21.4. The molecule has 0 aromatic heterocycles. The van der Waals surface area contributed by atoms with Gasteiger partial charge in [-0.15, -0.1) is 0 Å². The van der Waals surface area contributed by atoms with Gasteiger partial charge in [0.2, 0.25) is 0 Å². The minimum absolute atomic E-state index is 0.0780. The molecule has 2 aliphatic carbocycles. The summed E-state index contributed by atoms with van der Waals surface area (Å²) in [6, 6.07) is 9.97. The summed E-state index contributed by atoms with van der Waals surface area (Å²) in [6.45, 7) is 4.18. The Morgan fingerprint density at radius 3 is 2.17 bits per heavy atom. The fraction of sp³-hybridized carbons (Fsp3) is 0.364. The number of unbranched alkanes of at least 4 members (excludes halogenated alkanes) is 2. The molecule has 0 saturated heterocycles. The topological polar surface area (TPSA) is 54.4 Å². The summed E-state index contributed by atoms with van der Waals surface area (Å²) >= 11 is -0.826. The third kappa shape index (κ3) is 6.27. The average Bonchev–Trinajstić information content (AvgIpc) is 3.22.